The minimum Gasteiger partial charge on any atom is -0.339 e. The van der Waals surface area contributed by atoms with Gasteiger partial charge in [0, 0.05) is 12.0 Å². The Morgan fingerprint density at radius 1 is 1.29 bits per heavy atom. The van der Waals surface area contributed by atoms with Crippen LogP contribution in [0.3, 0.4) is 0 Å². The maximum absolute atomic E-state index is 6.11. The van der Waals surface area contributed by atoms with Crippen molar-refractivity contribution in [1.82, 2.24) is 9.97 Å². The minimum atomic E-state index is 0.620. The standard InChI is InChI=1S/C14H17BrClN5/c1-3-5-11-19-13(8(2)14(20-11)21-17)18-10-7-4-6-9(16)12(10)15/h4,6-7H,3,5,17H2,1-2H3,(H2,18,19,20,21). The van der Waals surface area contributed by atoms with E-state index in [0.29, 0.717) is 16.7 Å². The summed E-state index contributed by atoms with van der Waals surface area (Å²) in [5.41, 5.74) is 4.31. The van der Waals surface area contributed by atoms with Gasteiger partial charge in [0.25, 0.3) is 0 Å². The molecular formula is C14H17BrClN5. The second-order valence-corrected chi connectivity index (χ2v) is 5.78. The summed E-state index contributed by atoms with van der Waals surface area (Å²) in [4.78, 5) is 8.95. The molecule has 0 saturated heterocycles. The highest BCUT2D eigenvalue weighted by Crippen LogP contribution is 2.33. The van der Waals surface area contributed by atoms with Crippen molar-refractivity contribution < 1.29 is 0 Å². The topological polar surface area (TPSA) is 75.9 Å². The number of benzene rings is 1. The van der Waals surface area contributed by atoms with Gasteiger partial charge in [0.1, 0.15) is 17.5 Å². The number of nitrogens with one attached hydrogen (secondary N) is 2. The van der Waals surface area contributed by atoms with E-state index in [1.165, 1.54) is 0 Å². The number of aryl methyl sites for hydroxylation is 1. The molecule has 21 heavy (non-hydrogen) atoms. The molecule has 0 spiro atoms. The molecule has 1 aromatic heterocycles. The van der Waals surface area contributed by atoms with Gasteiger partial charge in [0.05, 0.1) is 15.2 Å². The highest BCUT2D eigenvalue weighted by atomic mass is 79.9. The van der Waals surface area contributed by atoms with E-state index in [2.05, 4.69) is 43.6 Å². The quantitative estimate of drug-likeness (QED) is 0.543. The van der Waals surface area contributed by atoms with Crippen LogP contribution in [0.15, 0.2) is 22.7 Å². The molecule has 0 amide bonds. The van der Waals surface area contributed by atoms with Crippen molar-refractivity contribution in [2.45, 2.75) is 26.7 Å². The lowest BCUT2D eigenvalue weighted by atomic mass is 10.2. The Bertz CT molecular complexity index is 648. The molecule has 0 aliphatic rings. The first-order valence-corrected chi connectivity index (χ1v) is 7.79. The highest BCUT2D eigenvalue weighted by molar-refractivity contribution is 9.10. The SMILES string of the molecule is CCCc1nc(NN)c(C)c(Nc2cccc(Cl)c2Br)n1. The van der Waals surface area contributed by atoms with E-state index < -0.39 is 0 Å². The molecule has 0 saturated carbocycles. The number of hydrogen-bond acceptors (Lipinski definition) is 5. The predicted molar refractivity (Wildman–Crippen MR) is 91.0 cm³/mol. The Morgan fingerprint density at radius 3 is 2.67 bits per heavy atom. The van der Waals surface area contributed by atoms with Gasteiger partial charge in [-0.05, 0) is 41.4 Å². The third kappa shape index (κ3) is 3.64. The fourth-order valence-electron chi connectivity index (χ4n) is 1.89. The lowest BCUT2D eigenvalue weighted by Gasteiger charge is -2.14. The van der Waals surface area contributed by atoms with Crippen molar-refractivity contribution in [1.29, 1.82) is 0 Å². The normalized spacial score (nSPS) is 10.5. The van der Waals surface area contributed by atoms with Gasteiger partial charge in [0.15, 0.2) is 0 Å². The van der Waals surface area contributed by atoms with Crippen molar-refractivity contribution in [2.24, 2.45) is 5.84 Å². The number of anilines is 3. The number of hydrogen-bond donors (Lipinski definition) is 3. The highest BCUT2D eigenvalue weighted by Gasteiger charge is 2.12. The average Bonchev–Trinajstić information content (AvgIpc) is 2.47. The first kappa shape index (κ1) is 16.0. The molecule has 1 aromatic carbocycles. The number of halogens is 2. The molecule has 2 rings (SSSR count). The maximum Gasteiger partial charge on any atom is 0.148 e. The summed E-state index contributed by atoms with van der Waals surface area (Å²) in [5, 5.41) is 3.91. The van der Waals surface area contributed by atoms with Crippen molar-refractivity contribution >= 4 is 44.9 Å². The van der Waals surface area contributed by atoms with Crippen molar-refractivity contribution in [3.05, 3.63) is 39.1 Å². The molecule has 0 bridgehead atoms. The zero-order chi connectivity index (χ0) is 15.4. The molecule has 0 fully saturated rings. The van der Waals surface area contributed by atoms with Gasteiger partial charge in [-0.1, -0.05) is 24.6 Å². The second kappa shape index (κ2) is 7.06. The van der Waals surface area contributed by atoms with Crippen molar-refractivity contribution in [2.75, 3.05) is 10.7 Å². The molecule has 5 nitrogen and oxygen atoms in total. The van der Waals surface area contributed by atoms with E-state index >= 15 is 0 Å². The van der Waals surface area contributed by atoms with E-state index in [1.807, 2.05) is 25.1 Å². The first-order valence-electron chi connectivity index (χ1n) is 6.62. The van der Waals surface area contributed by atoms with Crippen molar-refractivity contribution in [3.8, 4) is 0 Å². The number of nitrogens with two attached hydrogens (primary N) is 1. The third-order valence-electron chi connectivity index (χ3n) is 3.01. The van der Waals surface area contributed by atoms with Gasteiger partial charge < -0.3 is 10.7 Å². The predicted octanol–water partition coefficient (Wildman–Crippen LogP) is 4.18. The zero-order valence-electron chi connectivity index (χ0n) is 11.9. The fraction of sp³-hybridized carbons (Fsp3) is 0.286. The Labute approximate surface area is 137 Å². The maximum atomic E-state index is 6.11. The molecule has 7 heteroatoms. The molecule has 0 aliphatic heterocycles. The van der Waals surface area contributed by atoms with Gasteiger partial charge in [-0.25, -0.2) is 15.8 Å². The number of aromatic nitrogens is 2. The second-order valence-electron chi connectivity index (χ2n) is 4.58. The van der Waals surface area contributed by atoms with Crippen LogP contribution in [0.2, 0.25) is 5.02 Å². The van der Waals surface area contributed by atoms with Crippen LogP contribution >= 0.6 is 27.5 Å². The summed E-state index contributed by atoms with van der Waals surface area (Å²) in [5.74, 6) is 7.61. The Morgan fingerprint density at radius 2 is 2.00 bits per heavy atom. The average molecular weight is 371 g/mol. The summed E-state index contributed by atoms with van der Waals surface area (Å²) in [7, 11) is 0. The van der Waals surface area contributed by atoms with Crippen molar-refractivity contribution in [3.63, 3.8) is 0 Å². The van der Waals surface area contributed by atoms with Gasteiger partial charge in [0.2, 0.25) is 0 Å². The summed E-state index contributed by atoms with van der Waals surface area (Å²) < 4.78 is 0.795. The van der Waals surface area contributed by atoms with Gasteiger partial charge >= 0.3 is 0 Å². The van der Waals surface area contributed by atoms with E-state index in [1.54, 1.807) is 0 Å². The largest absolute Gasteiger partial charge is 0.339 e. The zero-order valence-corrected chi connectivity index (χ0v) is 14.2. The van der Waals surface area contributed by atoms with Gasteiger partial charge in [-0.2, -0.15) is 0 Å². The summed E-state index contributed by atoms with van der Waals surface area (Å²) in [6, 6.07) is 5.62. The van der Waals surface area contributed by atoms with E-state index in [-0.39, 0.29) is 0 Å². The van der Waals surface area contributed by atoms with Crippen LogP contribution in [-0.2, 0) is 6.42 Å². The van der Waals surface area contributed by atoms with Crippen LogP contribution < -0.4 is 16.6 Å². The van der Waals surface area contributed by atoms with E-state index in [4.69, 9.17) is 17.4 Å². The lowest BCUT2D eigenvalue weighted by molar-refractivity contribution is 0.833. The lowest BCUT2D eigenvalue weighted by Crippen LogP contribution is -2.14. The smallest absolute Gasteiger partial charge is 0.148 e. The van der Waals surface area contributed by atoms with Crippen LogP contribution in [0.4, 0.5) is 17.3 Å². The van der Waals surface area contributed by atoms with Gasteiger partial charge in [-0.15, -0.1) is 0 Å². The summed E-state index contributed by atoms with van der Waals surface area (Å²) >= 11 is 9.58. The summed E-state index contributed by atoms with van der Waals surface area (Å²) in [6.07, 6.45) is 1.76. The molecule has 0 aliphatic carbocycles. The fourth-order valence-corrected chi connectivity index (χ4v) is 2.43. The molecule has 2 aromatic rings. The molecule has 1 heterocycles. The van der Waals surface area contributed by atoms with E-state index in [0.717, 1.165) is 34.4 Å². The minimum absolute atomic E-state index is 0.620. The molecule has 0 atom stereocenters. The summed E-state index contributed by atoms with van der Waals surface area (Å²) in [6.45, 7) is 3.99. The molecular weight excluding hydrogens is 354 g/mol. The van der Waals surface area contributed by atoms with Crippen LogP contribution in [0, 0.1) is 6.92 Å². The Kier molecular flexibility index (Phi) is 5.39. The van der Waals surface area contributed by atoms with Crippen LogP contribution in [0.5, 0.6) is 0 Å². The number of hydrazine groups is 1. The Balaban J connectivity index is 2.42. The monoisotopic (exact) mass is 369 g/mol. The molecule has 0 unspecified atom stereocenters. The molecule has 4 N–H and O–H groups in total. The number of nitrogen functional groups attached to an aromatic ring is 1. The van der Waals surface area contributed by atoms with Crippen LogP contribution in [-0.4, -0.2) is 9.97 Å². The van der Waals surface area contributed by atoms with Crippen LogP contribution in [0.25, 0.3) is 0 Å². The number of nitrogens with zero attached hydrogens (tertiary/aromatic N) is 2. The van der Waals surface area contributed by atoms with E-state index in [9.17, 15) is 0 Å². The van der Waals surface area contributed by atoms with Crippen LogP contribution in [0.1, 0.15) is 24.7 Å². The van der Waals surface area contributed by atoms with Gasteiger partial charge in [-0.3, -0.25) is 0 Å². The third-order valence-corrected chi connectivity index (χ3v) is 4.40. The molecule has 112 valence electrons. The number of rotatable bonds is 5. The molecule has 0 radical (unpaired) electrons. The first-order chi connectivity index (χ1) is 10.1. The Hall–Kier alpha value is -1.37.